The second kappa shape index (κ2) is 6.00. The monoisotopic (exact) mass is 280 g/mol. The van der Waals surface area contributed by atoms with E-state index in [1.165, 1.54) is 11.1 Å². The van der Waals surface area contributed by atoms with Gasteiger partial charge in [-0.2, -0.15) is 0 Å². The molecule has 3 nitrogen and oxygen atoms in total. The van der Waals surface area contributed by atoms with Crippen molar-refractivity contribution in [2.75, 3.05) is 17.2 Å². The predicted molar refractivity (Wildman–Crippen MR) is 87.0 cm³/mol. The summed E-state index contributed by atoms with van der Waals surface area (Å²) in [5.74, 6) is -0.0485. The summed E-state index contributed by atoms with van der Waals surface area (Å²) in [6.45, 7) is 3.14. The van der Waals surface area contributed by atoms with Gasteiger partial charge < -0.3 is 10.6 Å². The predicted octanol–water partition coefficient (Wildman–Crippen LogP) is 3.86. The Morgan fingerprint density at radius 2 is 2.00 bits per heavy atom. The zero-order valence-electron chi connectivity index (χ0n) is 12.3. The minimum atomic E-state index is -0.0485. The van der Waals surface area contributed by atoms with Crippen molar-refractivity contribution in [1.29, 1.82) is 0 Å². The largest absolute Gasteiger partial charge is 0.385 e. The van der Waals surface area contributed by atoms with Crippen molar-refractivity contribution in [2.24, 2.45) is 0 Å². The minimum absolute atomic E-state index is 0.0485. The molecule has 1 aliphatic heterocycles. The van der Waals surface area contributed by atoms with Gasteiger partial charge in [-0.1, -0.05) is 19.1 Å². The first kappa shape index (κ1) is 13.7. The summed E-state index contributed by atoms with van der Waals surface area (Å²) in [4.78, 5) is 12.3. The van der Waals surface area contributed by atoms with Crippen LogP contribution in [-0.4, -0.2) is 12.5 Å². The van der Waals surface area contributed by atoms with Crippen molar-refractivity contribution < 1.29 is 4.79 Å². The van der Waals surface area contributed by atoms with E-state index in [4.69, 9.17) is 0 Å². The van der Waals surface area contributed by atoms with Crippen molar-refractivity contribution in [1.82, 2.24) is 0 Å². The van der Waals surface area contributed by atoms with Gasteiger partial charge in [-0.3, -0.25) is 4.79 Å². The van der Waals surface area contributed by atoms with E-state index >= 15 is 0 Å². The minimum Gasteiger partial charge on any atom is -0.385 e. The fourth-order valence-corrected chi connectivity index (χ4v) is 2.64. The summed E-state index contributed by atoms with van der Waals surface area (Å²) in [6.07, 6.45) is 3.16. The lowest BCUT2D eigenvalue weighted by Crippen LogP contribution is -2.15. The zero-order valence-corrected chi connectivity index (χ0v) is 12.3. The maximum Gasteiger partial charge on any atom is 0.255 e. The number of aryl methyl sites for hydroxylation is 2. The zero-order chi connectivity index (χ0) is 14.7. The normalized spacial score (nSPS) is 13.2. The van der Waals surface area contributed by atoms with Crippen LogP contribution in [0.4, 0.5) is 11.4 Å². The highest BCUT2D eigenvalue weighted by Gasteiger charge is 2.12. The number of rotatable bonds is 3. The molecule has 2 aromatic carbocycles. The molecule has 0 saturated carbocycles. The Morgan fingerprint density at radius 3 is 2.76 bits per heavy atom. The lowest BCUT2D eigenvalue weighted by Gasteiger charge is -2.18. The number of nitrogens with one attached hydrogen (secondary N) is 2. The van der Waals surface area contributed by atoms with Gasteiger partial charge in [-0.15, -0.1) is 0 Å². The Bertz CT molecular complexity index is 647. The number of hydrogen-bond donors (Lipinski definition) is 2. The first-order valence-corrected chi connectivity index (χ1v) is 7.53. The molecule has 1 heterocycles. The number of anilines is 2. The topological polar surface area (TPSA) is 41.1 Å². The van der Waals surface area contributed by atoms with E-state index in [9.17, 15) is 4.79 Å². The molecule has 0 aromatic heterocycles. The molecule has 3 rings (SSSR count). The van der Waals surface area contributed by atoms with Crippen molar-refractivity contribution in [3.63, 3.8) is 0 Å². The molecule has 0 bridgehead atoms. The summed E-state index contributed by atoms with van der Waals surface area (Å²) in [5.41, 5.74) is 5.22. The molecule has 0 fully saturated rings. The smallest absolute Gasteiger partial charge is 0.255 e. The molecular weight excluding hydrogens is 260 g/mol. The van der Waals surface area contributed by atoms with Crippen LogP contribution in [0, 0.1) is 0 Å². The Balaban J connectivity index is 1.75. The van der Waals surface area contributed by atoms with Crippen molar-refractivity contribution in [3.8, 4) is 0 Å². The molecule has 0 spiro atoms. The van der Waals surface area contributed by atoms with Gasteiger partial charge in [-0.25, -0.2) is 0 Å². The van der Waals surface area contributed by atoms with Crippen LogP contribution in [-0.2, 0) is 12.8 Å². The maximum atomic E-state index is 12.3. The van der Waals surface area contributed by atoms with E-state index in [0.717, 1.165) is 42.7 Å². The van der Waals surface area contributed by atoms with E-state index in [0.29, 0.717) is 0 Å². The van der Waals surface area contributed by atoms with Gasteiger partial charge in [0.2, 0.25) is 0 Å². The first-order chi connectivity index (χ1) is 10.3. The number of fused-ring (bicyclic) bond motifs is 1. The lowest BCUT2D eigenvalue weighted by atomic mass is 10.0. The molecule has 0 radical (unpaired) electrons. The van der Waals surface area contributed by atoms with Gasteiger partial charge in [0.25, 0.3) is 5.91 Å². The average Bonchev–Trinajstić information content (AvgIpc) is 2.55. The van der Waals surface area contributed by atoms with Crippen molar-refractivity contribution in [2.45, 2.75) is 26.2 Å². The summed E-state index contributed by atoms with van der Waals surface area (Å²) < 4.78 is 0. The highest BCUT2D eigenvalue weighted by atomic mass is 16.1. The Kier molecular flexibility index (Phi) is 3.91. The van der Waals surface area contributed by atoms with Gasteiger partial charge >= 0.3 is 0 Å². The standard InChI is InChI=1S/C18H20N2O/c1-2-13-5-8-16(9-6-13)20-18(21)15-7-10-17-14(12-15)4-3-11-19-17/h5-10,12,19H,2-4,11H2,1H3,(H,20,21). The van der Waals surface area contributed by atoms with Crippen LogP contribution in [0.3, 0.4) is 0 Å². The van der Waals surface area contributed by atoms with E-state index < -0.39 is 0 Å². The third-order valence-electron chi connectivity index (χ3n) is 3.93. The number of carbonyl (C=O) groups excluding carboxylic acids is 1. The third-order valence-corrected chi connectivity index (χ3v) is 3.93. The van der Waals surface area contributed by atoms with Gasteiger partial charge in [0.1, 0.15) is 0 Å². The Morgan fingerprint density at radius 1 is 1.19 bits per heavy atom. The summed E-state index contributed by atoms with van der Waals surface area (Å²) in [7, 11) is 0. The quantitative estimate of drug-likeness (QED) is 0.896. The van der Waals surface area contributed by atoms with Crippen LogP contribution in [0.5, 0.6) is 0 Å². The molecule has 1 aliphatic rings. The molecule has 0 unspecified atom stereocenters. The van der Waals surface area contributed by atoms with Gasteiger partial charge in [0.15, 0.2) is 0 Å². The molecule has 21 heavy (non-hydrogen) atoms. The van der Waals surface area contributed by atoms with Crippen molar-refractivity contribution >= 4 is 17.3 Å². The first-order valence-electron chi connectivity index (χ1n) is 7.53. The van der Waals surface area contributed by atoms with Gasteiger partial charge in [-0.05, 0) is 60.7 Å². The third kappa shape index (κ3) is 3.07. The van der Waals surface area contributed by atoms with Crippen LogP contribution in [0.25, 0.3) is 0 Å². The molecule has 0 saturated heterocycles. The fraction of sp³-hybridized carbons (Fsp3) is 0.278. The molecule has 0 atom stereocenters. The van der Waals surface area contributed by atoms with Crippen LogP contribution < -0.4 is 10.6 Å². The number of hydrogen-bond acceptors (Lipinski definition) is 2. The highest BCUT2D eigenvalue weighted by molar-refractivity contribution is 6.04. The van der Waals surface area contributed by atoms with E-state index in [1.807, 2.05) is 42.5 Å². The molecule has 1 amide bonds. The maximum absolute atomic E-state index is 12.3. The molecule has 108 valence electrons. The van der Waals surface area contributed by atoms with E-state index in [-0.39, 0.29) is 5.91 Å². The van der Waals surface area contributed by atoms with Crippen LogP contribution >= 0.6 is 0 Å². The molecule has 2 aromatic rings. The summed E-state index contributed by atoms with van der Waals surface area (Å²) in [6, 6.07) is 13.9. The number of carbonyl (C=O) groups is 1. The molecule has 0 aliphatic carbocycles. The van der Waals surface area contributed by atoms with Crippen LogP contribution in [0.2, 0.25) is 0 Å². The number of benzene rings is 2. The van der Waals surface area contributed by atoms with Gasteiger partial charge in [0, 0.05) is 23.5 Å². The molecule has 2 N–H and O–H groups in total. The second-order valence-corrected chi connectivity index (χ2v) is 5.41. The molecule has 3 heteroatoms. The fourth-order valence-electron chi connectivity index (χ4n) is 2.64. The summed E-state index contributed by atoms with van der Waals surface area (Å²) >= 11 is 0. The van der Waals surface area contributed by atoms with Crippen molar-refractivity contribution in [3.05, 3.63) is 59.2 Å². The average molecular weight is 280 g/mol. The van der Waals surface area contributed by atoms with Crippen LogP contribution in [0.15, 0.2) is 42.5 Å². The lowest BCUT2D eigenvalue weighted by molar-refractivity contribution is 0.102. The Hall–Kier alpha value is -2.29. The van der Waals surface area contributed by atoms with E-state index in [2.05, 4.69) is 17.6 Å². The van der Waals surface area contributed by atoms with Crippen LogP contribution in [0.1, 0.15) is 34.8 Å². The summed E-state index contributed by atoms with van der Waals surface area (Å²) in [5, 5.41) is 6.32. The number of amides is 1. The second-order valence-electron chi connectivity index (χ2n) is 5.41. The Labute approximate surface area is 125 Å². The highest BCUT2D eigenvalue weighted by Crippen LogP contribution is 2.23. The molecular formula is C18H20N2O. The van der Waals surface area contributed by atoms with Gasteiger partial charge in [0.05, 0.1) is 0 Å². The van der Waals surface area contributed by atoms with E-state index in [1.54, 1.807) is 0 Å². The SMILES string of the molecule is CCc1ccc(NC(=O)c2ccc3c(c2)CCCN3)cc1.